The van der Waals surface area contributed by atoms with Crippen molar-refractivity contribution in [1.29, 1.82) is 0 Å². The van der Waals surface area contributed by atoms with E-state index in [4.69, 9.17) is 6.42 Å². The van der Waals surface area contributed by atoms with E-state index in [-0.39, 0.29) is 0 Å². The second-order valence-electron chi connectivity index (χ2n) is 0.352. The van der Waals surface area contributed by atoms with Crippen LogP contribution in [-0.2, 0) is 9.78 Å². The first-order valence-corrected chi connectivity index (χ1v) is 1.03. The van der Waals surface area contributed by atoms with Crippen LogP contribution in [0.5, 0.6) is 0 Å². The molecule has 0 aromatic rings. The van der Waals surface area contributed by atoms with E-state index in [1.165, 1.54) is 7.11 Å². The van der Waals surface area contributed by atoms with Gasteiger partial charge < -0.3 is 0 Å². The normalized spacial score (nSPS) is 6.20. The Bertz CT molecular complexity index is 43.3. The van der Waals surface area contributed by atoms with Gasteiger partial charge in [0.05, 0.1) is 0 Å². The van der Waals surface area contributed by atoms with E-state index >= 15 is 0 Å². The second-order valence-corrected chi connectivity index (χ2v) is 0.352. The first-order valence-electron chi connectivity index (χ1n) is 1.03. The van der Waals surface area contributed by atoms with Crippen molar-refractivity contribution >= 4 is 0 Å². The Morgan fingerprint density at radius 1 is 1.80 bits per heavy atom. The van der Waals surface area contributed by atoms with Crippen molar-refractivity contribution in [2.75, 3.05) is 7.11 Å². The summed E-state index contributed by atoms with van der Waals surface area (Å²) < 4.78 is 0. The summed E-state index contributed by atoms with van der Waals surface area (Å²) in [5.74, 6) is 0. The summed E-state index contributed by atoms with van der Waals surface area (Å²) >= 11 is 0. The molecule has 0 aliphatic heterocycles. The van der Waals surface area contributed by atoms with Gasteiger partial charge in [0, 0.05) is 0 Å². The standard InChI is InChI=1S/C3H3O2/c1-3-5-4-2/h2H3/q+1. The maximum absolute atomic E-state index is 6.01. The van der Waals surface area contributed by atoms with Crippen LogP contribution in [0.4, 0.5) is 0 Å². The van der Waals surface area contributed by atoms with Crippen LogP contribution in [-0.4, -0.2) is 7.11 Å². The van der Waals surface area contributed by atoms with Gasteiger partial charge >= 0.3 is 29.4 Å². The zero-order valence-corrected chi connectivity index (χ0v) is 2.82. The van der Waals surface area contributed by atoms with E-state index < -0.39 is 0 Å². The number of hydrogen-bond acceptors (Lipinski definition) is 2. The summed E-state index contributed by atoms with van der Waals surface area (Å²) in [7, 11) is 1.31. The molecule has 26 valence electrons. The zero-order chi connectivity index (χ0) is 4.12. The van der Waals surface area contributed by atoms with E-state index in [0.717, 1.165) is 0 Å². The van der Waals surface area contributed by atoms with E-state index in [1.807, 2.05) is 0 Å². The minimum absolute atomic E-state index is 1.31. The van der Waals surface area contributed by atoms with Gasteiger partial charge in [0.15, 0.2) is 0 Å². The van der Waals surface area contributed by atoms with Gasteiger partial charge in [0.25, 0.3) is 0 Å². The van der Waals surface area contributed by atoms with Crippen LogP contribution in [0.2, 0.25) is 0 Å². The molecule has 0 atom stereocenters. The summed E-state index contributed by atoms with van der Waals surface area (Å²) in [6, 6.07) is 0. The fourth-order valence-electron chi connectivity index (χ4n) is 0.0417. The Kier molecular flexibility index (Phi) is 3.21. The molecule has 0 aliphatic rings. The molecular weight excluding hydrogens is 68.0 g/mol. The van der Waals surface area contributed by atoms with Gasteiger partial charge in [-0.25, -0.2) is 0 Å². The van der Waals surface area contributed by atoms with Gasteiger partial charge in [-0.2, -0.15) is 0 Å². The Labute approximate surface area is 30.6 Å². The summed E-state index contributed by atoms with van der Waals surface area (Å²) in [5.41, 5.74) is 0. The molecule has 2 heteroatoms. The first kappa shape index (κ1) is 4.54. The van der Waals surface area contributed by atoms with Crippen LogP contribution in [0.1, 0.15) is 0 Å². The first-order chi connectivity index (χ1) is 2.41. The molecule has 0 bridgehead atoms. The van der Waals surface area contributed by atoms with Crippen molar-refractivity contribution in [3.63, 3.8) is 0 Å². The van der Waals surface area contributed by atoms with Gasteiger partial charge in [-0.3, -0.25) is 0 Å². The number of rotatable bonds is 1. The molecule has 0 rings (SSSR count). The van der Waals surface area contributed by atoms with Crippen molar-refractivity contribution < 1.29 is 9.78 Å². The fourth-order valence-corrected chi connectivity index (χ4v) is 0.0417. The molecule has 0 aliphatic carbocycles. The molecule has 0 spiro atoms. The van der Waals surface area contributed by atoms with E-state index in [9.17, 15) is 0 Å². The van der Waals surface area contributed by atoms with Crippen LogP contribution in [0.25, 0.3) is 0 Å². The van der Waals surface area contributed by atoms with Crippen LogP contribution in [0.15, 0.2) is 0 Å². The molecule has 0 unspecified atom stereocenters. The average molecular weight is 71.1 g/mol. The third kappa shape index (κ3) is 3.54. The number of hydrogen-bond donors (Lipinski definition) is 0. The predicted molar refractivity (Wildman–Crippen MR) is 15.2 cm³/mol. The van der Waals surface area contributed by atoms with Crippen LogP contribution in [0, 0.1) is 12.5 Å². The maximum atomic E-state index is 6.01. The third-order valence-corrected chi connectivity index (χ3v) is 0.125. The topological polar surface area (TPSA) is 18.5 Å². The average Bonchev–Trinajstić information content (AvgIpc) is 1.41. The molecule has 0 fully saturated rings. The zero-order valence-electron chi connectivity index (χ0n) is 2.82. The van der Waals surface area contributed by atoms with E-state index in [2.05, 4.69) is 9.78 Å². The van der Waals surface area contributed by atoms with Crippen LogP contribution >= 0.6 is 0 Å². The Morgan fingerprint density at radius 2 is 2.40 bits per heavy atom. The molecule has 0 amide bonds. The Hall–Kier alpha value is -0.460. The predicted octanol–water partition coefficient (Wildman–Crippen LogP) is 0.112. The molecule has 2 nitrogen and oxygen atoms in total. The van der Waals surface area contributed by atoms with Crippen LogP contribution < -0.4 is 0 Å². The monoisotopic (exact) mass is 71.0 g/mol. The van der Waals surface area contributed by atoms with Crippen LogP contribution in [0.3, 0.4) is 0 Å². The van der Waals surface area contributed by atoms with Crippen molar-refractivity contribution in [1.82, 2.24) is 0 Å². The third-order valence-electron chi connectivity index (χ3n) is 0.125. The van der Waals surface area contributed by atoms with Gasteiger partial charge in [0.1, 0.15) is 0 Å². The van der Waals surface area contributed by atoms with Crippen molar-refractivity contribution in [2.45, 2.75) is 0 Å². The molecule has 0 aromatic carbocycles. The van der Waals surface area contributed by atoms with E-state index in [1.54, 1.807) is 6.11 Å². The molecule has 0 heterocycles. The van der Waals surface area contributed by atoms with Gasteiger partial charge in [-0.1, -0.05) is 0 Å². The summed E-state index contributed by atoms with van der Waals surface area (Å²) in [5, 5.41) is 0. The molecule has 0 aromatic heterocycles. The summed E-state index contributed by atoms with van der Waals surface area (Å²) in [6.07, 6.45) is 7.55. The molecule has 0 saturated heterocycles. The van der Waals surface area contributed by atoms with Crippen molar-refractivity contribution in [2.24, 2.45) is 0 Å². The molecular formula is C3H3O2+. The molecule has 0 radical (unpaired) electrons. The van der Waals surface area contributed by atoms with Gasteiger partial charge in [-0.15, -0.1) is 0 Å². The molecule has 0 N–H and O–H groups in total. The summed E-state index contributed by atoms with van der Waals surface area (Å²) in [6.45, 7) is 0. The molecule has 5 heavy (non-hydrogen) atoms. The second kappa shape index (κ2) is 3.54. The quantitative estimate of drug-likeness (QED) is 0.189. The van der Waals surface area contributed by atoms with Crippen molar-refractivity contribution in [3.05, 3.63) is 6.42 Å². The Morgan fingerprint density at radius 3 is 2.40 bits per heavy atom. The van der Waals surface area contributed by atoms with Crippen molar-refractivity contribution in [3.8, 4) is 6.11 Å². The van der Waals surface area contributed by atoms with Gasteiger partial charge in [0.2, 0.25) is 0 Å². The van der Waals surface area contributed by atoms with E-state index in [0.29, 0.717) is 0 Å². The minimum atomic E-state index is 1.31. The fraction of sp³-hybridized carbons (Fsp3) is 0.333. The van der Waals surface area contributed by atoms with Gasteiger partial charge in [-0.05, 0) is 0 Å². The summed E-state index contributed by atoms with van der Waals surface area (Å²) in [4.78, 5) is 7.64. The Balaban J connectivity index is 2.48. The molecule has 0 saturated carbocycles. The SMILES string of the molecule is [C+]#COOC.